The number of halogens is 1. The number of carbonyl (C=O) groups is 1. The molecule has 2 heterocycles. The highest BCUT2D eigenvalue weighted by molar-refractivity contribution is 5.86. The molecule has 25 heavy (non-hydrogen) atoms. The van der Waals surface area contributed by atoms with Gasteiger partial charge in [-0.15, -0.1) is 0 Å². The summed E-state index contributed by atoms with van der Waals surface area (Å²) in [6.07, 6.45) is 3.29. The van der Waals surface area contributed by atoms with E-state index in [0.29, 0.717) is 6.54 Å². The number of benzene rings is 1. The van der Waals surface area contributed by atoms with Crippen LogP contribution in [0.1, 0.15) is 23.2 Å². The summed E-state index contributed by atoms with van der Waals surface area (Å²) >= 11 is 0. The van der Waals surface area contributed by atoms with Crippen molar-refractivity contribution < 1.29 is 14.3 Å². The van der Waals surface area contributed by atoms with E-state index in [2.05, 4.69) is 4.90 Å². The Bertz CT molecular complexity index is 896. The van der Waals surface area contributed by atoms with Crippen LogP contribution in [0.25, 0.3) is 5.69 Å². The number of carboxylic acids is 1. The molecule has 1 N–H and O–H groups in total. The first-order valence-electron chi connectivity index (χ1n) is 8.05. The number of nitrogens with zero attached hydrogens (tertiary/aromatic N) is 3. The summed E-state index contributed by atoms with van der Waals surface area (Å²) in [5, 5.41) is 9.28. The molecule has 0 saturated carbocycles. The molecule has 132 valence electrons. The number of carboxylic acid groups (broad SMARTS) is 1. The van der Waals surface area contributed by atoms with Gasteiger partial charge in [0.25, 0.3) is 5.56 Å². The van der Waals surface area contributed by atoms with E-state index >= 15 is 0 Å². The standard InChI is InChI=1S/C17H18FN3O4/c18-12-3-5-13(6-4-12)21-15(22)14(16(23)24)11-20(17(21)25)10-9-19-7-1-2-8-19/h3-6,11H,1-2,7-10H2,(H,23,24). The summed E-state index contributed by atoms with van der Waals surface area (Å²) in [4.78, 5) is 38.6. The first kappa shape index (κ1) is 17.1. The van der Waals surface area contributed by atoms with E-state index in [9.17, 15) is 23.9 Å². The van der Waals surface area contributed by atoms with Gasteiger partial charge in [0.2, 0.25) is 0 Å². The number of hydrogen-bond acceptors (Lipinski definition) is 4. The zero-order valence-electron chi connectivity index (χ0n) is 13.5. The van der Waals surface area contributed by atoms with Gasteiger partial charge in [0.1, 0.15) is 11.4 Å². The predicted octanol–water partition coefficient (Wildman–Crippen LogP) is 0.932. The van der Waals surface area contributed by atoms with Crippen molar-refractivity contribution >= 4 is 5.97 Å². The molecule has 0 spiro atoms. The van der Waals surface area contributed by atoms with E-state index in [1.54, 1.807) is 0 Å². The second kappa shape index (κ2) is 7.02. The molecule has 1 aliphatic rings. The van der Waals surface area contributed by atoms with E-state index < -0.39 is 28.6 Å². The molecule has 1 fully saturated rings. The minimum absolute atomic E-state index is 0.134. The van der Waals surface area contributed by atoms with Gasteiger partial charge in [-0.05, 0) is 50.2 Å². The predicted molar refractivity (Wildman–Crippen MR) is 88.9 cm³/mol. The van der Waals surface area contributed by atoms with Gasteiger partial charge in [-0.3, -0.25) is 9.36 Å². The van der Waals surface area contributed by atoms with Crippen LogP contribution >= 0.6 is 0 Å². The number of likely N-dealkylation sites (tertiary alicyclic amines) is 1. The van der Waals surface area contributed by atoms with Crippen LogP contribution in [-0.4, -0.2) is 44.7 Å². The fourth-order valence-electron chi connectivity index (χ4n) is 2.98. The number of hydrogen-bond donors (Lipinski definition) is 1. The second-order valence-electron chi connectivity index (χ2n) is 5.99. The average Bonchev–Trinajstić information content (AvgIpc) is 3.09. The minimum atomic E-state index is -1.41. The van der Waals surface area contributed by atoms with Crippen LogP contribution in [0.3, 0.4) is 0 Å². The molecule has 8 heteroatoms. The first-order chi connectivity index (χ1) is 12.0. The Morgan fingerprint density at radius 3 is 2.32 bits per heavy atom. The lowest BCUT2D eigenvalue weighted by molar-refractivity contribution is 0.0693. The number of aromatic carboxylic acids is 1. The molecule has 3 rings (SSSR count). The quantitative estimate of drug-likeness (QED) is 0.870. The van der Waals surface area contributed by atoms with Gasteiger partial charge in [0, 0.05) is 19.3 Å². The van der Waals surface area contributed by atoms with E-state index in [0.717, 1.165) is 48.8 Å². The van der Waals surface area contributed by atoms with Crippen LogP contribution in [0.4, 0.5) is 4.39 Å². The van der Waals surface area contributed by atoms with E-state index in [4.69, 9.17) is 0 Å². The van der Waals surface area contributed by atoms with Crippen molar-refractivity contribution in [2.75, 3.05) is 19.6 Å². The molecular weight excluding hydrogens is 329 g/mol. The smallest absolute Gasteiger partial charge is 0.342 e. The van der Waals surface area contributed by atoms with E-state index in [-0.39, 0.29) is 12.2 Å². The van der Waals surface area contributed by atoms with E-state index in [1.807, 2.05) is 0 Å². The summed E-state index contributed by atoms with van der Waals surface area (Å²) in [7, 11) is 0. The Balaban J connectivity index is 2.06. The Morgan fingerprint density at radius 2 is 1.72 bits per heavy atom. The topological polar surface area (TPSA) is 84.5 Å². The zero-order chi connectivity index (χ0) is 18.0. The molecule has 1 aliphatic heterocycles. The van der Waals surface area contributed by atoms with Crippen LogP contribution in [-0.2, 0) is 6.54 Å². The van der Waals surface area contributed by atoms with Gasteiger partial charge in [-0.25, -0.2) is 18.5 Å². The Morgan fingerprint density at radius 1 is 1.08 bits per heavy atom. The molecular formula is C17H18FN3O4. The second-order valence-corrected chi connectivity index (χ2v) is 5.99. The molecule has 1 aromatic carbocycles. The van der Waals surface area contributed by atoms with Gasteiger partial charge in [0.05, 0.1) is 5.69 Å². The Hall–Kier alpha value is -2.74. The lowest BCUT2D eigenvalue weighted by Gasteiger charge is -2.16. The monoisotopic (exact) mass is 347 g/mol. The minimum Gasteiger partial charge on any atom is -0.477 e. The van der Waals surface area contributed by atoms with Gasteiger partial charge in [-0.2, -0.15) is 0 Å². The molecule has 0 aliphatic carbocycles. The molecule has 1 saturated heterocycles. The maximum Gasteiger partial charge on any atom is 0.342 e. The fourth-order valence-corrected chi connectivity index (χ4v) is 2.98. The lowest BCUT2D eigenvalue weighted by atomic mass is 10.3. The van der Waals surface area contributed by atoms with Crippen molar-refractivity contribution in [3.63, 3.8) is 0 Å². The van der Waals surface area contributed by atoms with Gasteiger partial charge in [-0.1, -0.05) is 0 Å². The molecule has 2 aromatic rings. The van der Waals surface area contributed by atoms with Crippen molar-refractivity contribution in [3.8, 4) is 5.69 Å². The third-order valence-electron chi connectivity index (χ3n) is 4.33. The van der Waals surface area contributed by atoms with Crippen LogP contribution in [0.5, 0.6) is 0 Å². The van der Waals surface area contributed by atoms with E-state index in [1.165, 1.54) is 16.7 Å². The van der Waals surface area contributed by atoms with Crippen molar-refractivity contribution in [1.82, 2.24) is 14.0 Å². The third-order valence-corrected chi connectivity index (χ3v) is 4.33. The van der Waals surface area contributed by atoms with Crippen LogP contribution in [0.15, 0.2) is 40.1 Å². The molecule has 1 aromatic heterocycles. The van der Waals surface area contributed by atoms with Crippen LogP contribution in [0.2, 0.25) is 0 Å². The fraction of sp³-hybridized carbons (Fsp3) is 0.353. The molecule has 0 radical (unpaired) electrons. The molecule has 7 nitrogen and oxygen atoms in total. The van der Waals surface area contributed by atoms with Crippen molar-refractivity contribution in [3.05, 3.63) is 62.7 Å². The number of aromatic nitrogens is 2. The molecule has 0 bridgehead atoms. The van der Waals surface area contributed by atoms with Gasteiger partial charge >= 0.3 is 11.7 Å². The largest absolute Gasteiger partial charge is 0.477 e. The van der Waals surface area contributed by atoms with Crippen molar-refractivity contribution in [2.24, 2.45) is 0 Å². The summed E-state index contributed by atoms with van der Waals surface area (Å²) in [6, 6.07) is 4.77. The molecule has 0 amide bonds. The Labute approximate surface area is 142 Å². The summed E-state index contributed by atoms with van der Waals surface area (Å²) < 4.78 is 15.1. The lowest BCUT2D eigenvalue weighted by Crippen LogP contribution is -2.42. The van der Waals surface area contributed by atoms with Crippen LogP contribution in [0, 0.1) is 5.82 Å². The highest BCUT2D eigenvalue weighted by Gasteiger charge is 2.19. The summed E-state index contributed by atoms with van der Waals surface area (Å²) in [5.41, 5.74) is -1.93. The average molecular weight is 347 g/mol. The van der Waals surface area contributed by atoms with Gasteiger partial charge in [0.15, 0.2) is 0 Å². The zero-order valence-corrected chi connectivity index (χ0v) is 13.5. The van der Waals surface area contributed by atoms with Crippen molar-refractivity contribution in [2.45, 2.75) is 19.4 Å². The maximum atomic E-state index is 13.1. The third kappa shape index (κ3) is 3.53. The molecule has 0 unspecified atom stereocenters. The number of rotatable bonds is 5. The normalized spacial score (nSPS) is 14.8. The Kier molecular flexibility index (Phi) is 4.80. The first-order valence-corrected chi connectivity index (χ1v) is 8.05. The summed E-state index contributed by atoms with van der Waals surface area (Å²) in [5.74, 6) is -1.92. The maximum absolute atomic E-state index is 13.1. The highest BCUT2D eigenvalue weighted by Crippen LogP contribution is 2.08. The molecule has 0 atom stereocenters. The SMILES string of the molecule is O=C(O)c1cn(CCN2CCCC2)c(=O)n(-c2ccc(F)cc2)c1=O. The van der Waals surface area contributed by atoms with Gasteiger partial charge < -0.3 is 10.0 Å². The highest BCUT2D eigenvalue weighted by atomic mass is 19.1. The van der Waals surface area contributed by atoms with Crippen molar-refractivity contribution in [1.29, 1.82) is 0 Å². The van der Waals surface area contributed by atoms with Crippen LogP contribution < -0.4 is 11.2 Å². The summed E-state index contributed by atoms with van der Waals surface area (Å²) in [6.45, 7) is 2.76.